The van der Waals surface area contributed by atoms with E-state index >= 15 is 0 Å². The van der Waals surface area contributed by atoms with Gasteiger partial charge in [-0.25, -0.2) is 0 Å². The molecular weight excluding hydrogens is 320 g/mol. The number of fused-ring (bicyclic) bond motifs is 1. The van der Waals surface area contributed by atoms with Crippen LogP contribution in [0.1, 0.15) is 102 Å². The van der Waals surface area contributed by atoms with Crippen LogP contribution in [0.4, 0.5) is 0 Å². The van der Waals surface area contributed by atoms with Crippen molar-refractivity contribution in [3.63, 3.8) is 0 Å². The van der Waals surface area contributed by atoms with Gasteiger partial charge in [-0.1, -0.05) is 77.0 Å². The fourth-order valence-corrected chi connectivity index (χ4v) is 3.78. The number of hydrogen-bond donors (Lipinski definition) is 0. The van der Waals surface area contributed by atoms with E-state index in [9.17, 15) is 4.79 Å². The van der Waals surface area contributed by atoms with Crippen molar-refractivity contribution in [2.45, 2.75) is 98.3 Å². The number of aryl methyl sites for hydroxylation is 1. The van der Waals surface area contributed by atoms with E-state index in [1.165, 1.54) is 48.8 Å². The van der Waals surface area contributed by atoms with Gasteiger partial charge in [0.15, 0.2) is 5.78 Å². The van der Waals surface area contributed by atoms with E-state index in [0.29, 0.717) is 12.3 Å². The van der Waals surface area contributed by atoms with Crippen LogP contribution in [0, 0.1) is 6.92 Å². The Morgan fingerprint density at radius 3 is 2.35 bits per heavy atom. The smallest absolute Gasteiger partial charge is 0.162 e. The molecule has 1 aromatic rings. The van der Waals surface area contributed by atoms with Gasteiger partial charge in [-0.15, -0.1) is 0 Å². The van der Waals surface area contributed by atoms with E-state index in [2.05, 4.69) is 39.8 Å². The number of ketones is 1. The topological polar surface area (TPSA) is 26.3 Å². The molecule has 0 spiro atoms. The molecule has 2 heteroatoms. The largest absolute Gasteiger partial charge is 0.461 e. The Morgan fingerprint density at radius 2 is 1.69 bits per heavy atom. The van der Waals surface area contributed by atoms with Crippen LogP contribution in [0.15, 0.2) is 23.5 Å². The molecule has 26 heavy (non-hydrogen) atoms. The molecule has 1 aliphatic rings. The second-order valence-corrected chi connectivity index (χ2v) is 8.11. The number of rotatable bonds is 10. The summed E-state index contributed by atoms with van der Waals surface area (Å²) in [5, 5.41) is 0. The molecule has 0 aliphatic carbocycles. The van der Waals surface area contributed by atoms with Gasteiger partial charge in [0, 0.05) is 18.4 Å². The summed E-state index contributed by atoms with van der Waals surface area (Å²) in [5.41, 5.74) is 4.54. The van der Waals surface area contributed by atoms with Crippen LogP contribution >= 0.6 is 0 Å². The monoisotopic (exact) mass is 356 g/mol. The Bertz CT molecular complexity index is 652. The highest BCUT2D eigenvalue weighted by atomic mass is 16.5. The zero-order valence-corrected chi connectivity index (χ0v) is 17.4. The maximum absolute atomic E-state index is 12.7. The summed E-state index contributed by atoms with van der Waals surface area (Å²) < 4.78 is 6.14. The minimum Gasteiger partial charge on any atom is -0.461 e. The lowest BCUT2D eigenvalue weighted by Crippen LogP contribution is -2.17. The van der Waals surface area contributed by atoms with Crippen molar-refractivity contribution in [3.8, 4) is 5.75 Å². The quantitative estimate of drug-likeness (QED) is 0.420. The zero-order chi connectivity index (χ0) is 19.1. The number of hydrogen-bond acceptors (Lipinski definition) is 2. The molecule has 144 valence electrons. The van der Waals surface area contributed by atoms with Crippen LogP contribution in [0.5, 0.6) is 5.75 Å². The van der Waals surface area contributed by atoms with Crippen LogP contribution in [0.2, 0.25) is 0 Å². The van der Waals surface area contributed by atoms with Crippen molar-refractivity contribution in [1.82, 2.24) is 0 Å². The van der Waals surface area contributed by atoms with Gasteiger partial charge in [0.2, 0.25) is 0 Å². The molecule has 0 radical (unpaired) electrons. The number of allylic oxidation sites excluding steroid dienone is 2. The number of Topliss-reactive ketones (excluding diaryl/α,β-unsaturated/α-hetero) is 1. The van der Waals surface area contributed by atoms with E-state index in [0.717, 1.165) is 36.3 Å². The molecule has 2 rings (SSSR count). The van der Waals surface area contributed by atoms with Crippen molar-refractivity contribution in [2.75, 3.05) is 0 Å². The van der Waals surface area contributed by atoms with Gasteiger partial charge < -0.3 is 4.74 Å². The van der Waals surface area contributed by atoms with E-state index in [4.69, 9.17) is 4.74 Å². The SMILES string of the molecule is CCCCCCCCCC(=O)C1=C(C)Oc2c(cc(C)cc2C(C)C)C1. The third kappa shape index (κ3) is 5.46. The predicted molar refractivity (Wildman–Crippen MR) is 110 cm³/mol. The average Bonchev–Trinajstić information content (AvgIpc) is 2.59. The zero-order valence-electron chi connectivity index (χ0n) is 17.4. The highest BCUT2D eigenvalue weighted by molar-refractivity contribution is 5.96. The van der Waals surface area contributed by atoms with Gasteiger partial charge in [-0.2, -0.15) is 0 Å². The Balaban J connectivity index is 1.95. The van der Waals surface area contributed by atoms with Crippen molar-refractivity contribution in [1.29, 1.82) is 0 Å². The Morgan fingerprint density at radius 1 is 1.04 bits per heavy atom. The molecule has 0 aromatic heterocycles. The van der Waals surface area contributed by atoms with Gasteiger partial charge >= 0.3 is 0 Å². The van der Waals surface area contributed by atoms with E-state index in [-0.39, 0.29) is 5.78 Å². The molecule has 1 aliphatic heterocycles. The van der Waals surface area contributed by atoms with E-state index in [1.807, 2.05) is 6.92 Å². The Kier molecular flexibility index (Phi) is 7.93. The van der Waals surface area contributed by atoms with Crippen molar-refractivity contribution in [3.05, 3.63) is 40.2 Å². The summed E-state index contributed by atoms with van der Waals surface area (Å²) in [6, 6.07) is 4.39. The molecule has 0 fully saturated rings. The van der Waals surface area contributed by atoms with Crippen LogP contribution < -0.4 is 4.74 Å². The summed E-state index contributed by atoms with van der Waals surface area (Å²) in [6.07, 6.45) is 10.0. The number of carbonyl (C=O) groups excluding carboxylic acids is 1. The van der Waals surface area contributed by atoms with Gasteiger partial charge in [0.25, 0.3) is 0 Å². The lowest BCUT2D eigenvalue weighted by molar-refractivity contribution is -0.116. The first-order valence-electron chi connectivity index (χ1n) is 10.5. The molecular formula is C24H36O2. The summed E-state index contributed by atoms with van der Waals surface area (Å²) in [6.45, 7) is 10.7. The highest BCUT2D eigenvalue weighted by Crippen LogP contribution is 2.38. The molecule has 1 heterocycles. The van der Waals surface area contributed by atoms with Crippen molar-refractivity contribution in [2.24, 2.45) is 0 Å². The minimum atomic E-state index is 0.273. The lowest BCUT2D eigenvalue weighted by Gasteiger charge is -2.25. The minimum absolute atomic E-state index is 0.273. The summed E-state index contributed by atoms with van der Waals surface area (Å²) in [4.78, 5) is 12.7. The molecule has 2 nitrogen and oxygen atoms in total. The maximum atomic E-state index is 12.7. The third-order valence-corrected chi connectivity index (χ3v) is 5.35. The number of ether oxygens (including phenoxy) is 1. The van der Waals surface area contributed by atoms with Gasteiger partial charge in [-0.05, 0) is 37.3 Å². The molecule has 0 N–H and O–H groups in total. The van der Waals surface area contributed by atoms with Gasteiger partial charge in [-0.3, -0.25) is 4.79 Å². The van der Waals surface area contributed by atoms with E-state index < -0.39 is 0 Å². The van der Waals surface area contributed by atoms with Gasteiger partial charge in [0.1, 0.15) is 11.5 Å². The van der Waals surface area contributed by atoms with Crippen LogP contribution in [0.25, 0.3) is 0 Å². The standard InChI is InChI=1S/C24H36O2/c1-6-7-8-9-10-11-12-13-23(25)22-16-20-14-18(4)15-21(17(2)3)24(20)26-19(22)5/h14-15,17H,6-13,16H2,1-5H3. The number of benzene rings is 1. The lowest BCUT2D eigenvalue weighted by atomic mass is 9.89. The average molecular weight is 357 g/mol. The first-order valence-corrected chi connectivity index (χ1v) is 10.5. The highest BCUT2D eigenvalue weighted by Gasteiger charge is 2.25. The predicted octanol–water partition coefficient (Wildman–Crippen LogP) is 7.04. The van der Waals surface area contributed by atoms with Crippen LogP contribution in [-0.2, 0) is 11.2 Å². The Labute approximate surface area is 160 Å². The fourth-order valence-electron chi connectivity index (χ4n) is 3.78. The maximum Gasteiger partial charge on any atom is 0.162 e. The van der Waals surface area contributed by atoms with Crippen molar-refractivity contribution < 1.29 is 9.53 Å². The Hall–Kier alpha value is -1.57. The summed E-state index contributed by atoms with van der Waals surface area (Å²) in [7, 11) is 0. The molecule has 0 amide bonds. The molecule has 1 aromatic carbocycles. The first-order chi connectivity index (χ1) is 12.4. The number of unbranched alkanes of at least 4 members (excludes halogenated alkanes) is 6. The molecule has 0 atom stereocenters. The summed E-state index contributed by atoms with van der Waals surface area (Å²) >= 11 is 0. The number of carbonyl (C=O) groups is 1. The molecule has 0 unspecified atom stereocenters. The van der Waals surface area contributed by atoms with Crippen LogP contribution in [-0.4, -0.2) is 5.78 Å². The molecule has 0 bridgehead atoms. The van der Waals surface area contributed by atoms with Crippen molar-refractivity contribution >= 4 is 5.78 Å². The third-order valence-electron chi connectivity index (χ3n) is 5.35. The molecule has 0 saturated heterocycles. The fraction of sp³-hybridized carbons (Fsp3) is 0.625. The van der Waals surface area contributed by atoms with Crippen LogP contribution in [0.3, 0.4) is 0 Å². The van der Waals surface area contributed by atoms with E-state index in [1.54, 1.807) is 0 Å². The molecule has 0 saturated carbocycles. The first kappa shape index (κ1) is 20.7. The second-order valence-electron chi connectivity index (χ2n) is 8.11. The normalized spacial score (nSPS) is 13.8. The summed E-state index contributed by atoms with van der Waals surface area (Å²) in [5.74, 6) is 2.47. The van der Waals surface area contributed by atoms with Gasteiger partial charge in [0.05, 0.1) is 0 Å². The second kappa shape index (κ2) is 9.94.